The van der Waals surface area contributed by atoms with Crippen LogP contribution in [0.1, 0.15) is 6.42 Å². The first-order chi connectivity index (χ1) is 7.41. The summed E-state index contributed by atoms with van der Waals surface area (Å²) in [5.74, 6) is -2.80. The van der Waals surface area contributed by atoms with E-state index in [1.165, 1.54) is 0 Å². The molecule has 0 aromatic rings. The van der Waals surface area contributed by atoms with Gasteiger partial charge in [-0.15, -0.1) is 0 Å². The van der Waals surface area contributed by atoms with Gasteiger partial charge in [0, 0.05) is 0 Å². The minimum absolute atomic E-state index is 0.874. The molecule has 3 atom stereocenters. The average molecular weight is 291 g/mol. The predicted octanol–water partition coefficient (Wildman–Crippen LogP) is -2.09. The van der Waals surface area contributed by atoms with Gasteiger partial charge in [0.15, 0.2) is 0 Å². The third kappa shape index (κ3) is 8.95. The Balaban J connectivity index is 4.32. The molecule has 0 rings (SSSR count). The molecule has 0 heterocycles. The maximum atomic E-state index is 10.9. The van der Waals surface area contributed by atoms with E-state index in [1.807, 2.05) is 0 Å². The van der Waals surface area contributed by atoms with E-state index in [4.69, 9.17) is 15.5 Å². The van der Waals surface area contributed by atoms with E-state index in [0.717, 1.165) is 0 Å². The molecular weight excluding hydrogens is 280 g/mol. The largest absolute Gasteiger partial charge is 0.455 e. The molecule has 11 nitrogen and oxygen atoms in total. The quantitative estimate of drug-likeness (QED) is 0.347. The van der Waals surface area contributed by atoms with Crippen LogP contribution in [0.3, 0.4) is 0 Å². The van der Waals surface area contributed by atoms with Crippen LogP contribution in [0.5, 0.6) is 0 Å². The standard InChI is InChI=1S/C4H11N3O8P2/c5-2(4(9)15-17(7,12)13)1-3(8)14-16(6,10)11/h2H,1,5H2,(H3,6,10,11)(H3,7,12,13). The van der Waals surface area contributed by atoms with Crippen LogP contribution in [0, 0.1) is 0 Å². The third-order valence-electron chi connectivity index (χ3n) is 1.14. The topological polar surface area (TPSA) is 205 Å². The Morgan fingerprint density at radius 1 is 1.12 bits per heavy atom. The Kier molecular flexibility index (Phi) is 5.43. The second-order valence-corrected chi connectivity index (χ2v) is 5.43. The maximum absolute atomic E-state index is 10.9. The minimum atomic E-state index is -4.57. The van der Waals surface area contributed by atoms with E-state index < -0.39 is 39.9 Å². The van der Waals surface area contributed by atoms with Crippen molar-refractivity contribution in [2.24, 2.45) is 16.7 Å². The second kappa shape index (κ2) is 5.69. The van der Waals surface area contributed by atoms with Gasteiger partial charge in [0.05, 0.1) is 6.42 Å². The molecule has 0 saturated carbocycles. The van der Waals surface area contributed by atoms with Crippen LogP contribution in [0.15, 0.2) is 0 Å². The van der Waals surface area contributed by atoms with Gasteiger partial charge in [-0.2, -0.15) is 0 Å². The van der Waals surface area contributed by atoms with Crippen LogP contribution in [0.25, 0.3) is 0 Å². The number of hydrogen-bond acceptors (Lipinski definition) is 7. The van der Waals surface area contributed by atoms with Crippen LogP contribution in [0.4, 0.5) is 0 Å². The van der Waals surface area contributed by atoms with Crippen molar-refractivity contribution in [2.45, 2.75) is 12.5 Å². The van der Waals surface area contributed by atoms with E-state index in [2.05, 4.69) is 20.1 Å². The summed E-state index contributed by atoms with van der Waals surface area (Å²) in [6, 6.07) is -1.68. The number of carbonyl (C=O) groups is 2. The molecule has 0 spiro atoms. The molecule has 0 aliphatic heterocycles. The summed E-state index contributed by atoms with van der Waals surface area (Å²) >= 11 is 0. The van der Waals surface area contributed by atoms with E-state index in [0.29, 0.717) is 0 Å². The Bertz CT molecular complexity index is 398. The fourth-order valence-electron chi connectivity index (χ4n) is 0.643. The van der Waals surface area contributed by atoms with Gasteiger partial charge in [0.2, 0.25) is 0 Å². The van der Waals surface area contributed by atoms with Gasteiger partial charge in [0.1, 0.15) is 6.04 Å². The smallest absolute Gasteiger partial charge is 0.380 e. The van der Waals surface area contributed by atoms with Crippen LogP contribution >= 0.6 is 15.5 Å². The lowest BCUT2D eigenvalue weighted by atomic mass is 10.2. The van der Waals surface area contributed by atoms with Crippen molar-refractivity contribution in [2.75, 3.05) is 0 Å². The van der Waals surface area contributed by atoms with E-state index in [1.54, 1.807) is 0 Å². The molecule has 0 aliphatic carbocycles. The molecule has 17 heavy (non-hydrogen) atoms. The van der Waals surface area contributed by atoms with Gasteiger partial charge in [-0.25, -0.2) is 24.9 Å². The molecule has 0 aromatic heterocycles. The highest BCUT2D eigenvalue weighted by atomic mass is 31.2. The summed E-state index contributed by atoms with van der Waals surface area (Å²) in [4.78, 5) is 38.7. The molecule has 0 aliphatic rings. The fourth-order valence-corrected chi connectivity index (χ4v) is 1.40. The molecule has 8 N–H and O–H groups in total. The van der Waals surface area contributed by atoms with Crippen molar-refractivity contribution in [3.8, 4) is 0 Å². The first-order valence-electron chi connectivity index (χ1n) is 3.85. The van der Waals surface area contributed by atoms with Gasteiger partial charge >= 0.3 is 27.4 Å². The number of carbonyl (C=O) groups excluding carboxylic acids is 2. The van der Waals surface area contributed by atoms with E-state index in [9.17, 15) is 18.7 Å². The second-order valence-electron chi connectivity index (χ2n) is 2.81. The van der Waals surface area contributed by atoms with Crippen molar-refractivity contribution in [3.63, 3.8) is 0 Å². The lowest BCUT2D eigenvalue weighted by molar-refractivity contribution is -0.142. The Morgan fingerprint density at radius 2 is 1.53 bits per heavy atom. The summed E-state index contributed by atoms with van der Waals surface area (Å²) in [5.41, 5.74) is 14.1. The summed E-state index contributed by atoms with van der Waals surface area (Å²) < 4.78 is 28.5. The highest BCUT2D eigenvalue weighted by Crippen LogP contribution is 2.33. The van der Waals surface area contributed by atoms with Crippen LogP contribution in [-0.4, -0.2) is 27.8 Å². The maximum Gasteiger partial charge on any atom is 0.455 e. The number of hydrogen-bond donors (Lipinski definition) is 5. The van der Waals surface area contributed by atoms with E-state index in [-0.39, 0.29) is 0 Å². The first-order valence-corrected chi connectivity index (χ1v) is 7.14. The number of nitrogens with two attached hydrogens (primary N) is 3. The minimum Gasteiger partial charge on any atom is -0.380 e. The highest BCUT2D eigenvalue weighted by molar-refractivity contribution is 7.51. The molecule has 13 heteroatoms. The SMILES string of the molecule is NC(CC(=O)OP(N)(=O)O)C(=O)OP(N)(=O)O. The van der Waals surface area contributed by atoms with Crippen molar-refractivity contribution in [3.05, 3.63) is 0 Å². The summed E-state index contributed by atoms with van der Waals surface area (Å²) in [7, 11) is -9.11. The number of rotatable bonds is 5. The molecule has 0 bridgehead atoms. The first kappa shape index (κ1) is 16.2. The van der Waals surface area contributed by atoms with Gasteiger partial charge in [-0.3, -0.25) is 4.79 Å². The van der Waals surface area contributed by atoms with Crippen molar-refractivity contribution >= 4 is 27.4 Å². The summed E-state index contributed by atoms with van der Waals surface area (Å²) in [5, 5.41) is 0. The van der Waals surface area contributed by atoms with Gasteiger partial charge in [-0.1, -0.05) is 0 Å². The predicted molar refractivity (Wildman–Crippen MR) is 52.8 cm³/mol. The fraction of sp³-hybridized carbons (Fsp3) is 0.500. The summed E-state index contributed by atoms with van der Waals surface area (Å²) in [6.45, 7) is 0. The van der Waals surface area contributed by atoms with Crippen LogP contribution in [-0.2, 0) is 27.8 Å². The highest BCUT2D eigenvalue weighted by Gasteiger charge is 2.28. The lowest BCUT2D eigenvalue weighted by Gasteiger charge is -2.12. The van der Waals surface area contributed by atoms with Crippen molar-refractivity contribution < 1.29 is 37.6 Å². The third-order valence-corrected chi connectivity index (χ3v) is 2.05. The van der Waals surface area contributed by atoms with Gasteiger partial charge in [-0.05, 0) is 0 Å². The Labute approximate surface area is 95.0 Å². The molecule has 100 valence electrons. The molecule has 0 amide bonds. The molecule has 0 fully saturated rings. The van der Waals surface area contributed by atoms with E-state index >= 15 is 0 Å². The summed E-state index contributed by atoms with van der Waals surface area (Å²) in [6.07, 6.45) is -0.874. The molecule has 0 aromatic carbocycles. The Hall–Kier alpha value is -0.800. The zero-order chi connectivity index (χ0) is 13.9. The zero-order valence-corrected chi connectivity index (χ0v) is 10.0. The normalized spacial score (nSPS) is 19.6. The van der Waals surface area contributed by atoms with Gasteiger partial charge in [0.25, 0.3) is 0 Å². The van der Waals surface area contributed by atoms with Crippen LogP contribution < -0.4 is 16.7 Å². The average Bonchev–Trinajstić information content (AvgIpc) is 1.95. The van der Waals surface area contributed by atoms with Crippen molar-refractivity contribution in [1.82, 2.24) is 0 Å². The molecular formula is C4H11N3O8P2. The lowest BCUT2D eigenvalue weighted by Crippen LogP contribution is -2.35. The van der Waals surface area contributed by atoms with Gasteiger partial charge < -0.3 is 24.6 Å². The van der Waals surface area contributed by atoms with Crippen LogP contribution in [0.2, 0.25) is 0 Å². The monoisotopic (exact) mass is 291 g/mol. The Morgan fingerprint density at radius 3 is 1.88 bits per heavy atom. The zero-order valence-electron chi connectivity index (χ0n) is 8.25. The van der Waals surface area contributed by atoms with Crippen molar-refractivity contribution in [1.29, 1.82) is 0 Å². The molecule has 3 unspecified atom stereocenters. The molecule has 0 saturated heterocycles. The molecule has 0 radical (unpaired) electrons.